The van der Waals surface area contributed by atoms with Crippen molar-refractivity contribution in [3.05, 3.63) is 23.8 Å². The summed E-state index contributed by atoms with van der Waals surface area (Å²) < 4.78 is 3.13. The van der Waals surface area contributed by atoms with E-state index < -0.39 is 0 Å². The van der Waals surface area contributed by atoms with Gasteiger partial charge in [0.05, 0.1) is 6.42 Å². The van der Waals surface area contributed by atoms with Gasteiger partial charge in [-0.2, -0.15) is 0 Å². The Bertz CT molecular complexity index is 351. The number of fused-ring (bicyclic) bond motifs is 1. The molecule has 13 heavy (non-hydrogen) atoms. The second kappa shape index (κ2) is 3.30. The fourth-order valence-electron chi connectivity index (χ4n) is 1.41. The minimum absolute atomic E-state index is 0.0799. The summed E-state index contributed by atoms with van der Waals surface area (Å²) in [5, 5.41) is 2.79. The summed E-state index contributed by atoms with van der Waals surface area (Å²) in [4.78, 5) is 11.0. The van der Waals surface area contributed by atoms with E-state index in [1.807, 2.05) is 24.5 Å². The van der Waals surface area contributed by atoms with Crippen molar-refractivity contribution in [2.75, 3.05) is 16.3 Å². The maximum Gasteiger partial charge on any atom is 0.228 e. The van der Waals surface area contributed by atoms with Gasteiger partial charge in [-0.15, -0.1) is 0 Å². The van der Waals surface area contributed by atoms with Gasteiger partial charge in [-0.25, -0.2) is 0 Å². The number of hydrogen-bond donors (Lipinski definition) is 2. The molecule has 0 unspecified atom stereocenters. The number of nitrogens with one attached hydrogen (secondary N) is 2. The van der Waals surface area contributed by atoms with Crippen LogP contribution in [0.1, 0.15) is 5.56 Å². The van der Waals surface area contributed by atoms with Gasteiger partial charge >= 0.3 is 0 Å². The Morgan fingerprint density at radius 3 is 3.15 bits per heavy atom. The molecule has 0 aliphatic carbocycles. The molecule has 0 saturated heterocycles. The number of benzene rings is 1. The van der Waals surface area contributed by atoms with E-state index in [4.69, 9.17) is 0 Å². The molecule has 0 atom stereocenters. The highest BCUT2D eigenvalue weighted by Crippen LogP contribution is 2.26. The van der Waals surface area contributed by atoms with E-state index in [0.29, 0.717) is 6.42 Å². The lowest BCUT2D eigenvalue weighted by molar-refractivity contribution is -0.115. The van der Waals surface area contributed by atoms with E-state index in [9.17, 15) is 4.79 Å². The molecule has 0 fully saturated rings. The minimum Gasteiger partial charge on any atom is -0.330 e. The lowest BCUT2D eigenvalue weighted by Gasteiger charge is -2.03. The van der Waals surface area contributed by atoms with Gasteiger partial charge in [0.15, 0.2) is 0 Å². The highest BCUT2D eigenvalue weighted by molar-refractivity contribution is 7.99. The fourth-order valence-corrected chi connectivity index (χ4v) is 1.77. The molecule has 0 aromatic heterocycles. The van der Waals surface area contributed by atoms with Crippen LogP contribution in [0.4, 0.5) is 11.4 Å². The maximum atomic E-state index is 11.0. The average molecular weight is 194 g/mol. The van der Waals surface area contributed by atoms with Gasteiger partial charge in [-0.1, -0.05) is 11.9 Å². The molecule has 0 saturated carbocycles. The van der Waals surface area contributed by atoms with Gasteiger partial charge in [0.2, 0.25) is 5.91 Å². The summed E-state index contributed by atoms with van der Waals surface area (Å²) >= 11 is 1.55. The summed E-state index contributed by atoms with van der Waals surface area (Å²) in [7, 11) is 0. The Morgan fingerprint density at radius 2 is 2.38 bits per heavy atom. The molecule has 3 nitrogen and oxygen atoms in total. The number of carbonyl (C=O) groups is 1. The first kappa shape index (κ1) is 8.44. The van der Waals surface area contributed by atoms with E-state index in [2.05, 4.69) is 10.0 Å². The molecule has 1 aromatic rings. The largest absolute Gasteiger partial charge is 0.330 e. The van der Waals surface area contributed by atoms with Crippen molar-refractivity contribution in [3.63, 3.8) is 0 Å². The molecule has 68 valence electrons. The molecule has 1 aromatic carbocycles. The molecule has 4 heteroatoms. The molecule has 0 radical (unpaired) electrons. The summed E-state index contributed by atoms with van der Waals surface area (Å²) in [5.41, 5.74) is 3.06. The molecule has 0 spiro atoms. The van der Waals surface area contributed by atoms with E-state index in [-0.39, 0.29) is 5.91 Å². The first-order valence-electron chi connectivity index (χ1n) is 4.01. The summed E-state index contributed by atoms with van der Waals surface area (Å²) in [6.45, 7) is 0. The van der Waals surface area contributed by atoms with E-state index >= 15 is 0 Å². The molecule has 1 amide bonds. The van der Waals surface area contributed by atoms with Crippen molar-refractivity contribution in [2.24, 2.45) is 0 Å². The molecule has 2 rings (SSSR count). The smallest absolute Gasteiger partial charge is 0.228 e. The van der Waals surface area contributed by atoms with Crippen molar-refractivity contribution >= 4 is 29.2 Å². The van der Waals surface area contributed by atoms with Crippen molar-refractivity contribution in [3.8, 4) is 0 Å². The topological polar surface area (TPSA) is 41.1 Å². The third-order valence-corrected chi connectivity index (χ3v) is 2.39. The van der Waals surface area contributed by atoms with Crippen LogP contribution in [0.25, 0.3) is 0 Å². The standard InChI is InChI=1S/C9H10N2OS/c1-13-11-7-2-3-8-6(4-7)5-9(12)10-8/h2-4,11H,5H2,1H3,(H,10,12). The van der Waals surface area contributed by atoms with E-state index in [1.165, 1.54) is 0 Å². The molecule has 1 aliphatic rings. The maximum absolute atomic E-state index is 11.0. The summed E-state index contributed by atoms with van der Waals surface area (Å²) in [6, 6.07) is 5.89. The monoisotopic (exact) mass is 194 g/mol. The van der Waals surface area contributed by atoms with Gasteiger partial charge in [-0.3, -0.25) is 4.79 Å². The van der Waals surface area contributed by atoms with Gasteiger partial charge in [0.25, 0.3) is 0 Å². The lowest BCUT2D eigenvalue weighted by Crippen LogP contribution is -2.03. The predicted molar refractivity (Wildman–Crippen MR) is 55.9 cm³/mol. The van der Waals surface area contributed by atoms with E-state index in [1.54, 1.807) is 11.9 Å². The quantitative estimate of drug-likeness (QED) is 0.706. The first-order chi connectivity index (χ1) is 6.29. The molecule has 1 heterocycles. The van der Waals surface area contributed by atoms with Crippen molar-refractivity contribution in [1.82, 2.24) is 0 Å². The second-order valence-corrected chi connectivity index (χ2v) is 3.52. The predicted octanol–water partition coefficient (Wildman–Crippen LogP) is 1.87. The van der Waals surface area contributed by atoms with Crippen LogP contribution in [0, 0.1) is 0 Å². The molecule has 0 bridgehead atoms. The van der Waals surface area contributed by atoms with Gasteiger partial charge in [0, 0.05) is 17.6 Å². The Kier molecular flexibility index (Phi) is 2.14. The normalized spacial score (nSPS) is 13.8. The van der Waals surface area contributed by atoms with Crippen molar-refractivity contribution < 1.29 is 4.79 Å². The van der Waals surface area contributed by atoms with Crippen LogP contribution in [0.3, 0.4) is 0 Å². The number of hydrogen-bond acceptors (Lipinski definition) is 3. The van der Waals surface area contributed by atoms with Gasteiger partial charge < -0.3 is 10.0 Å². The highest BCUT2D eigenvalue weighted by Gasteiger charge is 2.16. The fraction of sp³-hybridized carbons (Fsp3) is 0.222. The molecular weight excluding hydrogens is 184 g/mol. The Labute approximate surface area is 81.0 Å². The zero-order valence-electron chi connectivity index (χ0n) is 7.26. The average Bonchev–Trinajstić information content (AvgIpc) is 2.44. The number of carbonyl (C=O) groups excluding carboxylic acids is 1. The van der Waals surface area contributed by atoms with Crippen LogP contribution in [0.15, 0.2) is 18.2 Å². The Balaban J connectivity index is 2.29. The van der Waals surface area contributed by atoms with Crippen LogP contribution < -0.4 is 10.0 Å². The Morgan fingerprint density at radius 1 is 1.54 bits per heavy atom. The highest BCUT2D eigenvalue weighted by atomic mass is 32.2. The van der Waals surface area contributed by atoms with Crippen LogP contribution in [0.2, 0.25) is 0 Å². The van der Waals surface area contributed by atoms with Crippen molar-refractivity contribution in [1.29, 1.82) is 0 Å². The number of anilines is 2. The summed E-state index contributed by atoms with van der Waals surface area (Å²) in [5.74, 6) is 0.0799. The van der Waals surface area contributed by atoms with E-state index in [0.717, 1.165) is 16.9 Å². The minimum atomic E-state index is 0.0799. The van der Waals surface area contributed by atoms with Crippen LogP contribution in [-0.4, -0.2) is 12.2 Å². The van der Waals surface area contributed by atoms with Gasteiger partial charge in [-0.05, 0) is 23.8 Å². The van der Waals surface area contributed by atoms with Crippen LogP contribution in [0.5, 0.6) is 0 Å². The first-order valence-corrected chi connectivity index (χ1v) is 5.24. The zero-order valence-corrected chi connectivity index (χ0v) is 8.07. The van der Waals surface area contributed by atoms with Crippen LogP contribution in [-0.2, 0) is 11.2 Å². The summed E-state index contributed by atoms with van der Waals surface area (Å²) in [6.07, 6.45) is 2.47. The SMILES string of the molecule is CSNc1ccc2c(c1)CC(=O)N2. The lowest BCUT2D eigenvalue weighted by atomic mass is 10.1. The second-order valence-electron chi connectivity index (χ2n) is 2.90. The zero-order chi connectivity index (χ0) is 9.26. The molecular formula is C9H10N2OS. The number of rotatable bonds is 2. The number of amides is 1. The third kappa shape index (κ3) is 1.62. The Hall–Kier alpha value is -1.16. The molecule has 2 N–H and O–H groups in total. The molecule has 1 aliphatic heterocycles. The van der Waals surface area contributed by atoms with Crippen LogP contribution >= 0.6 is 11.9 Å². The van der Waals surface area contributed by atoms with Crippen molar-refractivity contribution in [2.45, 2.75) is 6.42 Å². The van der Waals surface area contributed by atoms with Gasteiger partial charge in [0.1, 0.15) is 0 Å². The third-order valence-electron chi connectivity index (χ3n) is 1.95.